The smallest absolute Gasteiger partial charge is 0.459 e. The van der Waals surface area contributed by atoms with Crippen LogP contribution in [-0.2, 0) is 27.4 Å². The first-order valence-electron chi connectivity index (χ1n) is 9.59. The van der Waals surface area contributed by atoms with Gasteiger partial charge in [0.1, 0.15) is 12.6 Å². The quantitative estimate of drug-likeness (QED) is 0.566. The summed E-state index contributed by atoms with van der Waals surface area (Å²) in [7, 11) is -1.04. The molecule has 2 heterocycles. The van der Waals surface area contributed by atoms with E-state index in [2.05, 4.69) is 10.3 Å². The van der Waals surface area contributed by atoms with Gasteiger partial charge in [0.25, 0.3) is 5.91 Å². The number of carbonyl (C=O) groups is 2. The molecule has 8 heteroatoms. The van der Waals surface area contributed by atoms with Gasteiger partial charge in [0.2, 0.25) is 0 Å². The van der Waals surface area contributed by atoms with E-state index in [1.165, 1.54) is 0 Å². The second-order valence-electron chi connectivity index (χ2n) is 7.58. The first-order chi connectivity index (χ1) is 13.8. The number of nitrogens with zero attached hydrogens (tertiary/aromatic N) is 1. The average Bonchev–Trinajstić information content (AvgIpc) is 3.07. The van der Waals surface area contributed by atoms with Gasteiger partial charge in [0.05, 0.1) is 6.61 Å². The topological polar surface area (TPSA) is 97.8 Å². The lowest BCUT2D eigenvalue weighted by Crippen LogP contribution is -2.46. The molecule has 2 aromatic rings. The third-order valence-corrected chi connectivity index (χ3v) is 5.05. The van der Waals surface area contributed by atoms with Crippen molar-refractivity contribution in [3.8, 4) is 0 Å². The van der Waals surface area contributed by atoms with Crippen LogP contribution < -0.4 is 10.8 Å². The Hall–Kier alpha value is -2.71. The fourth-order valence-corrected chi connectivity index (χ4v) is 3.30. The number of aryl methyl sites for hydroxylation is 1. The summed E-state index contributed by atoms with van der Waals surface area (Å²) in [6.07, 6.45) is 1.66. The molecule has 0 spiro atoms. The van der Waals surface area contributed by atoms with E-state index < -0.39 is 25.0 Å². The summed E-state index contributed by atoms with van der Waals surface area (Å²) in [4.78, 5) is 29.6. The Morgan fingerprint density at radius 1 is 1.28 bits per heavy atom. The fourth-order valence-electron chi connectivity index (χ4n) is 3.30. The highest BCUT2D eigenvalue weighted by Gasteiger charge is 2.32. The van der Waals surface area contributed by atoms with Crippen molar-refractivity contribution in [1.29, 1.82) is 0 Å². The van der Waals surface area contributed by atoms with Crippen molar-refractivity contribution in [2.24, 2.45) is 5.92 Å². The summed E-state index contributed by atoms with van der Waals surface area (Å²) in [5, 5.41) is 12.8. The van der Waals surface area contributed by atoms with Gasteiger partial charge in [-0.05, 0) is 48.5 Å². The van der Waals surface area contributed by atoms with E-state index in [0.717, 1.165) is 16.8 Å². The molecule has 0 bridgehead atoms. The van der Waals surface area contributed by atoms with E-state index in [4.69, 9.17) is 9.39 Å². The molecule has 1 aliphatic rings. The number of amides is 1. The predicted octanol–water partition coefficient (Wildman–Crippen LogP) is 1.41. The molecule has 1 aromatic carbocycles. The number of carbonyl (C=O) groups excluding carboxylic acids is 2. The number of fused-ring (bicyclic) bond motifs is 1. The molecule has 0 saturated heterocycles. The van der Waals surface area contributed by atoms with Crippen LogP contribution in [-0.4, -0.2) is 35.0 Å². The number of hydrogen-bond acceptors (Lipinski definition) is 6. The van der Waals surface area contributed by atoms with Gasteiger partial charge in [-0.3, -0.25) is 9.78 Å². The summed E-state index contributed by atoms with van der Waals surface area (Å²) in [6.45, 7) is 7.73. The molecule has 1 aliphatic heterocycles. The Balaban J connectivity index is 1.70. The van der Waals surface area contributed by atoms with Gasteiger partial charge in [-0.15, -0.1) is 0 Å². The highest BCUT2D eigenvalue weighted by Crippen LogP contribution is 2.17. The molecule has 0 saturated carbocycles. The molecule has 29 heavy (non-hydrogen) atoms. The van der Waals surface area contributed by atoms with Gasteiger partial charge in [-0.1, -0.05) is 26.0 Å². The number of rotatable bonds is 6. The summed E-state index contributed by atoms with van der Waals surface area (Å²) >= 11 is 0. The second-order valence-corrected chi connectivity index (χ2v) is 7.58. The van der Waals surface area contributed by atoms with Crippen molar-refractivity contribution in [3.63, 3.8) is 0 Å². The number of pyridine rings is 1. The van der Waals surface area contributed by atoms with Gasteiger partial charge < -0.3 is 19.7 Å². The molecule has 1 amide bonds. The second kappa shape index (κ2) is 8.76. The third-order valence-electron chi connectivity index (χ3n) is 5.05. The minimum Gasteiger partial charge on any atom is -0.459 e. The molecule has 7 nitrogen and oxygen atoms in total. The predicted molar refractivity (Wildman–Crippen MR) is 108 cm³/mol. The standard InChI is InChI=1S/C21H25BN2O5/c1-12(2)19(21(26)28-10-15-6-5-13(3)23-9-15)24-20(25)17-8-7-16-11-29-22(27)18(16)14(17)4/h5-9,12,19,27H,10-11H2,1-4H3,(H,24,25)/t19-/m0/s1. The van der Waals surface area contributed by atoms with Crippen LogP contribution in [0.15, 0.2) is 30.5 Å². The maximum Gasteiger partial charge on any atom is 0.492 e. The van der Waals surface area contributed by atoms with Crippen molar-refractivity contribution in [2.75, 3.05) is 0 Å². The minimum absolute atomic E-state index is 0.0899. The van der Waals surface area contributed by atoms with E-state index in [0.29, 0.717) is 23.2 Å². The van der Waals surface area contributed by atoms with E-state index in [-0.39, 0.29) is 12.5 Å². The van der Waals surface area contributed by atoms with E-state index in [1.54, 1.807) is 25.3 Å². The summed E-state index contributed by atoms with van der Waals surface area (Å²) < 4.78 is 10.6. The van der Waals surface area contributed by atoms with Gasteiger partial charge >= 0.3 is 13.1 Å². The van der Waals surface area contributed by atoms with Crippen LogP contribution in [0.3, 0.4) is 0 Å². The maximum atomic E-state index is 12.9. The summed E-state index contributed by atoms with van der Waals surface area (Å²) in [5.74, 6) is -1.06. The number of benzene rings is 1. The molecule has 0 aliphatic carbocycles. The Bertz CT molecular complexity index is 914. The van der Waals surface area contributed by atoms with Crippen LogP contribution in [0.1, 0.15) is 46.6 Å². The first kappa shape index (κ1) is 21.0. The molecule has 0 fully saturated rings. The molecule has 3 rings (SSSR count). The third kappa shape index (κ3) is 4.66. The number of aromatic nitrogens is 1. The zero-order valence-electron chi connectivity index (χ0n) is 17.1. The molecular formula is C21H25BN2O5. The van der Waals surface area contributed by atoms with Crippen molar-refractivity contribution >= 4 is 24.5 Å². The van der Waals surface area contributed by atoms with Crippen molar-refractivity contribution < 1.29 is 24.0 Å². The molecule has 0 radical (unpaired) electrons. The summed E-state index contributed by atoms with van der Waals surface area (Å²) in [5.41, 5.74) is 4.18. The molecule has 2 N–H and O–H groups in total. The lowest BCUT2D eigenvalue weighted by atomic mass is 9.75. The zero-order valence-corrected chi connectivity index (χ0v) is 17.1. The molecule has 0 unspecified atom stereocenters. The van der Waals surface area contributed by atoms with Gasteiger partial charge in [-0.25, -0.2) is 4.79 Å². The Kier molecular flexibility index (Phi) is 6.34. The largest absolute Gasteiger partial charge is 0.492 e. The van der Waals surface area contributed by atoms with Gasteiger partial charge in [-0.2, -0.15) is 0 Å². The van der Waals surface area contributed by atoms with Gasteiger partial charge in [0.15, 0.2) is 0 Å². The number of nitrogens with one attached hydrogen (secondary N) is 1. The van der Waals surface area contributed by atoms with Crippen molar-refractivity contribution in [3.05, 3.63) is 58.4 Å². The lowest BCUT2D eigenvalue weighted by Gasteiger charge is -2.22. The van der Waals surface area contributed by atoms with Crippen LogP contribution in [0.5, 0.6) is 0 Å². The zero-order chi connectivity index (χ0) is 21.1. The van der Waals surface area contributed by atoms with Crippen LogP contribution in [0, 0.1) is 19.8 Å². The Morgan fingerprint density at radius 3 is 2.69 bits per heavy atom. The van der Waals surface area contributed by atoms with Crippen LogP contribution >= 0.6 is 0 Å². The number of ether oxygens (including phenoxy) is 1. The lowest BCUT2D eigenvalue weighted by molar-refractivity contribution is -0.148. The SMILES string of the molecule is Cc1ccc(COC(=O)[C@@H](NC(=O)c2ccc3c(c2C)B(O)OC3)C(C)C)cn1. The van der Waals surface area contributed by atoms with Crippen LogP contribution in [0.25, 0.3) is 0 Å². The Morgan fingerprint density at radius 2 is 2.03 bits per heavy atom. The van der Waals surface area contributed by atoms with E-state index in [9.17, 15) is 14.6 Å². The van der Waals surface area contributed by atoms with Crippen LogP contribution in [0.4, 0.5) is 0 Å². The fraction of sp³-hybridized carbons (Fsp3) is 0.381. The monoisotopic (exact) mass is 396 g/mol. The maximum absolute atomic E-state index is 12.9. The van der Waals surface area contributed by atoms with Crippen molar-refractivity contribution in [1.82, 2.24) is 10.3 Å². The van der Waals surface area contributed by atoms with Gasteiger partial charge in [0, 0.05) is 23.0 Å². The van der Waals surface area contributed by atoms with E-state index in [1.807, 2.05) is 32.9 Å². The molecular weight excluding hydrogens is 371 g/mol. The average molecular weight is 396 g/mol. The van der Waals surface area contributed by atoms with E-state index >= 15 is 0 Å². The highest BCUT2D eigenvalue weighted by atomic mass is 16.5. The Labute approximate surface area is 170 Å². The number of hydrogen-bond donors (Lipinski definition) is 2. The minimum atomic E-state index is -1.04. The van der Waals surface area contributed by atoms with Crippen LogP contribution in [0.2, 0.25) is 0 Å². The normalized spacial score (nSPS) is 13.9. The van der Waals surface area contributed by atoms with Crippen molar-refractivity contribution in [2.45, 2.75) is 47.0 Å². The summed E-state index contributed by atoms with van der Waals surface area (Å²) in [6, 6.07) is 6.35. The highest BCUT2D eigenvalue weighted by molar-refractivity contribution is 6.62. The molecule has 1 atom stereocenters. The molecule has 1 aromatic heterocycles. The first-order valence-corrected chi connectivity index (χ1v) is 9.59. The molecule has 152 valence electrons. The number of esters is 1.